The number of hydrogen-bond acceptors (Lipinski definition) is 3. The van der Waals surface area contributed by atoms with E-state index in [2.05, 4.69) is 4.98 Å². The molecule has 2 aromatic carbocycles. The van der Waals surface area contributed by atoms with Gasteiger partial charge in [-0.3, -0.25) is 4.79 Å². The second-order valence-electron chi connectivity index (χ2n) is 6.85. The summed E-state index contributed by atoms with van der Waals surface area (Å²) in [4.78, 5) is 28.2. The fourth-order valence-electron chi connectivity index (χ4n) is 3.87. The van der Waals surface area contributed by atoms with Gasteiger partial charge in [0.05, 0.1) is 18.2 Å². The first-order valence-corrected chi connectivity index (χ1v) is 8.72. The number of hydrogen-bond donors (Lipinski definition) is 1. The normalized spacial score (nSPS) is 16.9. The number of ketones is 1. The minimum Gasteiger partial charge on any atom is -0.465 e. The topological polar surface area (TPSA) is 59.2 Å². The van der Waals surface area contributed by atoms with Crippen LogP contribution in [0.3, 0.4) is 0 Å². The first-order valence-electron chi connectivity index (χ1n) is 8.72. The molecule has 1 N–H and O–H groups in total. The predicted octanol–water partition coefficient (Wildman–Crippen LogP) is 4.89. The Labute approximate surface area is 158 Å². The maximum atomic E-state index is 12.9. The van der Waals surface area contributed by atoms with Gasteiger partial charge in [0.25, 0.3) is 0 Å². The zero-order valence-corrected chi connectivity index (χ0v) is 14.9. The fourth-order valence-corrected chi connectivity index (χ4v) is 3.87. The summed E-state index contributed by atoms with van der Waals surface area (Å²) < 4.78 is 43.1. The van der Waals surface area contributed by atoms with Crippen molar-refractivity contribution in [1.82, 2.24) is 4.98 Å². The minimum atomic E-state index is -4.39. The quantitative estimate of drug-likeness (QED) is 0.637. The van der Waals surface area contributed by atoms with E-state index in [0.29, 0.717) is 39.7 Å². The molecule has 4 nitrogen and oxygen atoms in total. The number of ether oxygens (including phenoxy) is 1. The van der Waals surface area contributed by atoms with Crippen molar-refractivity contribution in [2.75, 3.05) is 7.11 Å². The van der Waals surface area contributed by atoms with Crippen LogP contribution in [-0.2, 0) is 17.3 Å². The average molecular weight is 387 g/mol. The van der Waals surface area contributed by atoms with E-state index in [9.17, 15) is 22.8 Å². The summed E-state index contributed by atoms with van der Waals surface area (Å²) in [6.07, 6.45) is -3.75. The Kier molecular flexibility index (Phi) is 4.25. The molecule has 0 aliphatic heterocycles. The van der Waals surface area contributed by atoms with Crippen molar-refractivity contribution < 1.29 is 27.5 Å². The smallest absolute Gasteiger partial charge is 0.416 e. The monoisotopic (exact) mass is 387 g/mol. The lowest BCUT2D eigenvalue weighted by atomic mass is 9.81. The zero-order chi connectivity index (χ0) is 20.1. The Morgan fingerprint density at radius 2 is 1.82 bits per heavy atom. The number of H-pyrrole nitrogens is 1. The van der Waals surface area contributed by atoms with Gasteiger partial charge in [-0.1, -0.05) is 18.2 Å². The van der Waals surface area contributed by atoms with Crippen molar-refractivity contribution in [1.29, 1.82) is 0 Å². The van der Waals surface area contributed by atoms with E-state index in [4.69, 9.17) is 4.74 Å². The molecule has 1 aliphatic rings. The van der Waals surface area contributed by atoms with E-state index in [1.54, 1.807) is 18.2 Å². The van der Waals surface area contributed by atoms with Crippen LogP contribution in [0.4, 0.5) is 13.2 Å². The fraction of sp³-hybridized carbons (Fsp3) is 0.238. The van der Waals surface area contributed by atoms with Gasteiger partial charge in [-0.15, -0.1) is 0 Å². The molecule has 0 saturated heterocycles. The molecule has 0 fully saturated rings. The molecule has 1 unspecified atom stereocenters. The van der Waals surface area contributed by atoms with E-state index in [0.717, 1.165) is 12.1 Å². The van der Waals surface area contributed by atoms with Crippen LogP contribution in [0.5, 0.6) is 0 Å². The van der Waals surface area contributed by atoms with Gasteiger partial charge in [0.1, 0.15) is 0 Å². The van der Waals surface area contributed by atoms with Crippen LogP contribution < -0.4 is 0 Å². The van der Waals surface area contributed by atoms with Crippen molar-refractivity contribution in [2.24, 2.45) is 0 Å². The van der Waals surface area contributed by atoms with Crippen LogP contribution >= 0.6 is 0 Å². The number of carbonyl (C=O) groups excluding carboxylic acids is 2. The van der Waals surface area contributed by atoms with Gasteiger partial charge in [0, 0.05) is 28.6 Å². The molecular weight excluding hydrogens is 371 g/mol. The predicted molar refractivity (Wildman–Crippen MR) is 96.5 cm³/mol. The van der Waals surface area contributed by atoms with Gasteiger partial charge in [0.15, 0.2) is 5.78 Å². The molecule has 0 bridgehead atoms. The molecule has 1 aliphatic carbocycles. The molecule has 7 heteroatoms. The summed E-state index contributed by atoms with van der Waals surface area (Å²) in [5.41, 5.74) is 2.10. The number of methoxy groups -OCH3 is 1. The van der Waals surface area contributed by atoms with E-state index in [-0.39, 0.29) is 18.1 Å². The van der Waals surface area contributed by atoms with Crippen LogP contribution in [0, 0.1) is 0 Å². The number of rotatable bonds is 2. The van der Waals surface area contributed by atoms with Gasteiger partial charge in [0.2, 0.25) is 0 Å². The first kappa shape index (κ1) is 18.3. The first-order chi connectivity index (χ1) is 13.3. The average Bonchev–Trinajstić information content (AvgIpc) is 3.05. The third-order valence-electron chi connectivity index (χ3n) is 5.18. The number of aromatic amines is 1. The van der Waals surface area contributed by atoms with Crippen LogP contribution in [0.2, 0.25) is 0 Å². The number of nitrogens with one attached hydrogen (secondary N) is 1. The third-order valence-corrected chi connectivity index (χ3v) is 5.18. The lowest BCUT2D eigenvalue weighted by Gasteiger charge is -2.22. The molecule has 0 saturated carbocycles. The van der Waals surface area contributed by atoms with Gasteiger partial charge < -0.3 is 9.72 Å². The maximum absolute atomic E-state index is 12.9. The number of fused-ring (bicyclic) bond motifs is 3. The highest BCUT2D eigenvalue weighted by molar-refractivity contribution is 6.16. The summed E-state index contributed by atoms with van der Waals surface area (Å²) in [6, 6.07) is 10.0. The summed E-state index contributed by atoms with van der Waals surface area (Å²) in [7, 11) is 1.28. The number of aromatic nitrogens is 1. The Morgan fingerprint density at radius 3 is 2.46 bits per heavy atom. The molecule has 1 atom stereocenters. The lowest BCUT2D eigenvalue weighted by molar-refractivity contribution is -0.137. The minimum absolute atomic E-state index is 0.145. The molecule has 0 spiro atoms. The number of alkyl halides is 3. The molecule has 0 amide bonds. The van der Waals surface area contributed by atoms with Gasteiger partial charge >= 0.3 is 12.1 Å². The molecule has 144 valence electrons. The Balaban J connectivity index is 1.73. The van der Waals surface area contributed by atoms with Crippen molar-refractivity contribution >= 4 is 22.7 Å². The molecular formula is C21H16F3NO3. The van der Waals surface area contributed by atoms with Crippen LogP contribution in [0.25, 0.3) is 10.9 Å². The summed E-state index contributed by atoms with van der Waals surface area (Å²) >= 11 is 0. The van der Waals surface area contributed by atoms with Gasteiger partial charge in [-0.2, -0.15) is 13.2 Å². The molecule has 1 aromatic heterocycles. The Bertz CT molecular complexity index is 1080. The standard InChI is InChI=1S/C21H16F3NO3/c1-28-20(27)14-3-2-4-15-18(14)19-16(25-15)9-12(10-17(19)26)11-5-7-13(8-6-11)21(22,23)24/h2-8,12,25H,9-10H2,1H3. The number of benzene rings is 2. The summed E-state index contributed by atoms with van der Waals surface area (Å²) in [5, 5.41) is 0.542. The Morgan fingerprint density at radius 1 is 1.11 bits per heavy atom. The molecule has 0 radical (unpaired) electrons. The van der Waals surface area contributed by atoms with Crippen LogP contribution in [-0.4, -0.2) is 23.8 Å². The van der Waals surface area contributed by atoms with Crippen LogP contribution in [0.15, 0.2) is 42.5 Å². The van der Waals surface area contributed by atoms with Crippen molar-refractivity contribution in [3.8, 4) is 0 Å². The number of halogens is 3. The summed E-state index contributed by atoms with van der Waals surface area (Å²) in [5.74, 6) is -0.893. The highest BCUT2D eigenvalue weighted by Gasteiger charge is 2.33. The summed E-state index contributed by atoms with van der Waals surface area (Å²) in [6.45, 7) is 0. The highest BCUT2D eigenvalue weighted by Crippen LogP contribution is 2.38. The molecule has 4 rings (SSSR count). The number of carbonyl (C=O) groups is 2. The lowest BCUT2D eigenvalue weighted by Crippen LogP contribution is -2.19. The highest BCUT2D eigenvalue weighted by atomic mass is 19.4. The van der Waals surface area contributed by atoms with E-state index in [1.807, 2.05) is 0 Å². The second kappa shape index (κ2) is 6.51. The molecule has 1 heterocycles. The molecule has 28 heavy (non-hydrogen) atoms. The van der Waals surface area contributed by atoms with E-state index in [1.165, 1.54) is 19.2 Å². The number of Topliss-reactive ketones (excluding diaryl/α,β-unsaturated/α-hetero) is 1. The third kappa shape index (κ3) is 2.96. The maximum Gasteiger partial charge on any atom is 0.416 e. The van der Waals surface area contributed by atoms with E-state index < -0.39 is 17.7 Å². The van der Waals surface area contributed by atoms with Crippen molar-refractivity contribution in [3.05, 3.63) is 70.4 Å². The molecule has 3 aromatic rings. The Hall–Kier alpha value is -3.09. The largest absolute Gasteiger partial charge is 0.465 e. The van der Waals surface area contributed by atoms with Gasteiger partial charge in [-0.25, -0.2) is 4.79 Å². The number of esters is 1. The SMILES string of the molecule is COC(=O)c1cccc2[nH]c3c(c12)C(=O)CC(c1ccc(C(F)(F)F)cc1)C3. The van der Waals surface area contributed by atoms with E-state index >= 15 is 0 Å². The van der Waals surface area contributed by atoms with Gasteiger partial charge in [-0.05, 0) is 42.2 Å². The second-order valence-corrected chi connectivity index (χ2v) is 6.85. The van der Waals surface area contributed by atoms with Crippen LogP contribution in [0.1, 0.15) is 49.9 Å². The van der Waals surface area contributed by atoms with Crippen molar-refractivity contribution in [3.63, 3.8) is 0 Å². The van der Waals surface area contributed by atoms with Crippen molar-refractivity contribution in [2.45, 2.75) is 24.9 Å². The zero-order valence-electron chi connectivity index (χ0n) is 14.9.